The number of nitrogens with zero attached hydrogens (tertiary/aromatic N) is 3. The summed E-state index contributed by atoms with van der Waals surface area (Å²) in [6.45, 7) is 11.4. The zero-order chi connectivity index (χ0) is 33.3. The Hall–Kier alpha value is -5.22. The summed E-state index contributed by atoms with van der Waals surface area (Å²) < 4.78 is 0. The Morgan fingerprint density at radius 2 is 1.41 bits per heavy atom. The van der Waals surface area contributed by atoms with E-state index < -0.39 is 0 Å². The number of hydrogen-bond acceptors (Lipinski definition) is 3. The van der Waals surface area contributed by atoms with Crippen LogP contribution in [-0.2, 0) is 5.41 Å². The van der Waals surface area contributed by atoms with E-state index >= 15 is 0 Å². The van der Waals surface area contributed by atoms with Crippen molar-refractivity contribution in [2.24, 2.45) is 0 Å². The average molecular weight is 636 g/mol. The third-order valence-corrected chi connectivity index (χ3v) is 12.1. The van der Waals surface area contributed by atoms with E-state index in [-0.39, 0.29) is 17.7 Å². The first-order chi connectivity index (χ1) is 24.0. The molecule has 3 nitrogen and oxygen atoms in total. The summed E-state index contributed by atoms with van der Waals surface area (Å²) in [5, 5.41) is 0. The Kier molecular flexibility index (Phi) is 6.81. The zero-order valence-electron chi connectivity index (χ0n) is 28.7. The van der Waals surface area contributed by atoms with E-state index in [2.05, 4.69) is 169 Å². The van der Waals surface area contributed by atoms with Crippen LogP contribution in [0.25, 0.3) is 0 Å². The zero-order valence-corrected chi connectivity index (χ0v) is 28.7. The molecule has 49 heavy (non-hydrogen) atoms. The molecule has 4 aliphatic rings. The standard InChI is InChI=1S/C45H42BN3/c1-5-6-9-18-32(2)47-39-25-17-26-40-42(39)46(38-24-16-23-36-43(38)49(40)45(4)30-15-14-29-44(36,45)3)37-28-27-35(31-41(37)47)48(33-19-10-7-11-20-33)34-21-12-8-13-22-34/h5-13,16-28,31H,1,14-15,29-30H2,2-4H3/b9-6-,32-18+. The number of hydrogen-bond donors (Lipinski definition) is 0. The van der Waals surface area contributed by atoms with Crippen LogP contribution in [0.3, 0.4) is 0 Å². The summed E-state index contributed by atoms with van der Waals surface area (Å²) in [4.78, 5) is 7.66. The van der Waals surface area contributed by atoms with Crippen molar-refractivity contribution in [3.8, 4) is 0 Å². The fourth-order valence-electron chi connectivity index (χ4n) is 9.67. The molecule has 0 radical (unpaired) electrons. The molecule has 2 unspecified atom stereocenters. The molecule has 3 aliphatic heterocycles. The van der Waals surface area contributed by atoms with Crippen LogP contribution in [0.2, 0.25) is 0 Å². The summed E-state index contributed by atoms with van der Waals surface area (Å²) in [6, 6.07) is 42.8. The maximum atomic E-state index is 3.92. The van der Waals surface area contributed by atoms with Gasteiger partial charge in [-0.3, -0.25) is 0 Å². The van der Waals surface area contributed by atoms with Crippen molar-refractivity contribution in [1.29, 1.82) is 0 Å². The van der Waals surface area contributed by atoms with Crippen molar-refractivity contribution in [3.63, 3.8) is 0 Å². The van der Waals surface area contributed by atoms with Gasteiger partial charge in [0.05, 0.1) is 5.54 Å². The summed E-state index contributed by atoms with van der Waals surface area (Å²) in [5.41, 5.74) is 15.8. The fourth-order valence-corrected chi connectivity index (χ4v) is 9.67. The van der Waals surface area contributed by atoms with Crippen molar-refractivity contribution in [1.82, 2.24) is 0 Å². The molecule has 1 fully saturated rings. The molecule has 0 aromatic heterocycles. The Balaban J connectivity index is 1.32. The highest BCUT2D eigenvalue weighted by Crippen LogP contribution is 2.61. The predicted octanol–water partition coefficient (Wildman–Crippen LogP) is 9.83. The highest BCUT2D eigenvalue weighted by atomic mass is 15.3. The van der Waals surface area contributed by atoms with Gasteiger partial charge < -0.3 is 14.7 Å². The lowest BCUT2D eigenvalue weighted by atomic mass is 9.33. The van der Waals surface area contributed by atoms with Gasteiger partial charge in [0.1, 0.15) is 0 Å². The molecular formula is C45H42BN3. The van der Waals surface area contributed by atoms with Crippen LogP contribution in [0.1, 0.15) is 52.0 Å². The predicted molar refractivity (Wildman–Crippen MR) is 210 cm³/mol. The van der Waals surface area contributed by atoms with Crippen LogP contribution in [0, 0.1) is 0 Å². The lowest BCUT2D eigenvalue weighted by Crippen LogP contribution is -2.64. The summed E-state index contributed by atoms with van der Waals surface area (Å²) in [5.74, 6) is 0. The second kappa shape index (κ2) is 11.2. The average Bonchev–Trinajstić information content (AvgIpc) is 3.35. The second-order valence-electron chi connectivity index (χ2n) is 14.5. The SMILES string of the molecule is C=C/C=C\C=C(/C)N1c2cc(N(c3ccccc3)c3ccccc3)ccc2B2c3cccc4c3N(c3cccc1c32)C1(C)CCCCC41C. The van der Waals surface area contributed by atoms with Crippen LogP contribution >= 0.6 is 0 Å². The molecule has 0 N–H and O–H groups in total. The van der Waals surface area contributed by atoms with Gasteiger partial charge in [-0.1, -0.05) is 111 Å². The minimum atomic E-state index is 0.0300. The van der Waals surface area contributed by atoms with Crippen LogP contribution in [-0.4, -0.2) is 12.3 Å². The quantitative estimate of drug-likeness (QED) is 0.136. The number of allylic oxidation sites excluding steroid dienone is 5. The van der Waals surface area contributed by atoms with E-state index in [0.717, 1.165) is 17.1 Å². The highest BCUT2D eigenvalue weighted by molar-refractivity contribution is 7.00. The molecule has 0 spiro atoms. The number of rotatable bonds is 6. The van der Waals surface area contributed by atoms with E-state index in [0.29, 0.717) is 0 Å². The molecule has 3 heterocycles. The molecule has 0 amide bonds. The van der Waals surface area contributed by atoms with Crippen LogP contribution in [0.15, 0.2) is 152 Å². The molecule has 4 heteroatoms. The molecule has 240 valence electrons. The molecule has 1 saturated carbocycles. The van der Waals surface area contributed by atoms with E-state index in [1.807, 2.05) is 12.2 Å². The van der Waals surface area contributed by atoms with Gasteiger partial charge in [0, 0.05) is 50.9 Å². The van der Waals surface area contributed by atoms with Gasteiger partial charge in [-0.25, -0.2) is 0 Å². The Morgan fingerprint density at radius 3 is 2.14 bits per heavy atom. The minimum absolute atomic E-state index is 0.0300. The van der Waals surface area contributed by atoms with Gasteiger partial charge in [0.2, 0.25) is 0 Å². The highest BCUT2D eigenvalue weighted by Gasteiger charge is 2.61. The molecule has 0 bridgehead atoms. The van der Waals surface area contributed by atoms with Gasteiger partial charge in [-0.05, 0) is 103 Å². The Labute approximate surface area is 291 Å². The van der Waals surface area contributed by atoms with Gasteiger partial charge in [-0.2, -0.15) is 0 Å². The topological polar surface area (TPSA) is 9.72 Å². The maximum Gasteiger partial charge on any atom is 0.252 e. The number of fused-ring (bicyclic) bond motifs is 7. The monoisotopic (exact) mass is 635 g/mol. The van der Waals surface area contributed by atoms with E-state index in [4.69, 9.17) is 0 Å². The van der Waals surface area contributed by atoms with E-state index in [1.165, 1.54) is 76.1 Å². The lowest BCUT2D eigenvalue weighted by molar-refractivity contribution is 0.195. The van der Waals surface area contributed by atoms with Crippen LogP contribution in [0.5, 0.6) is 0 Å². The van der Waals surface area contributed by atoms with Crippen molar-refractivity contribution in [3.05, 3.63) is 157 Å². The molecule has 9 rings (SSSR count). The van der Waals surface area contributed by atoms with Crippen molar-refractivity contribution >= 4 is 62.9 Å². The Morgan fingerprint density at radius 1 is 0.714 bits per heavy atom. The molecule has 5 aromatic carbocycles. The third-order valence-electron chi connectivity index (χ3n) is 12.1. The fraction of sp³-hybridized carbons (Fsp3) is 0.200. The van der Waals surface area contributed by atoms with Crippen molar-refractivity contribution < 1.29 is 0 Å². The minimum Gasteiger partial charge on any atom is -0.335 e. The number of para-hydroxylation sites is 3. The molecular weight excluding hydrogens is 593 g/mol. The summed E-state index contributed by atoms with van der Waals surface area (Å²) >= 11 is 0. The van der Waals surface area contributed by atoms with Crippen LogP contribution in [0.4, 0.5) is 39.8 Å². The van der Waals surface area contributed by atoms with Gasteiger partial charge in [0.25, 0.3) is 6.71 Å². The smallest absolute Gasteiger partial charge is 0.252 e. The van der Waals surface area contributed by atoms with Crippen molar-refractivity contribution in [2.45, 2.75) is 57.4 Å². The van der Waals surface area contributed by atoms with E-state index in [1.54, 1.807) is 0 Å². The molecule has 1 aliphatic carbocycles. The van der Waals surface area contributed by atoms with Gasteiger partial charge in [0.15, 0.2) is 0 Å². The molecule has 2 atom stereocenters. The van der Waals surface area contributed by atoms with Gasteiger partial charge >= 0.3 is 0 Å². The largest absolute Gasteiger partial charge is 0.335 e. The molecule has 5 aromatic rings. The van der Waals surface area contributed by atoms with Crippen LogP contribution < -0.4 is 31.1 Å². The molecule has 0 saturated heterocycles. The number of benzene rings is 5. The van der Waals surface area contributed by atoms with Gasteiger partial charge in [-0.15, -0.1) is 0 Å². The summed E-state index contributed by atoms with van der Waals surface area (Å²) in [7, 11) is 0. The third kappa shape index (κ3) is 4.16. The first-order valence-electron chi connectivity index (χ1n) is 17.8. The Bertz CT molecular complexity index is 2130. The number of anilines is 7. The normalized spacial score (nSPS) is 21.6. The summed E-state index contributed by atoms with van der Waals surface area (Å²) in [6.07, 6.45) is 13.2. The van der Waals surface area contributed by atoms with E-state index in [9.17, 15) is 0 Å². The first kappa shape index (κ1) is 29.9. The maximum absolute atomic E-state index is 3.92. The van der Waals surface area contributed by atoms with Crippen molar-refractivity contribution in [2.75, 3.05) is 14.7 Å². The first-order valence-corrected chi connectivity index (χ1v) is 17.8. The lowest BCUT2D eigenvalue weighted by Gasteiger charge is -2.52. The second-order valence-corrected chi connectivity index (χ2v) is 14.5.